The van der Waals surface area contributed by atoms with E-state index in [1.807, 2.05) is 19.9 Å². The fraction of sp³-hybridized carbons (Fsp3) is 0.538. The second kappa shape index (κ2) is 6.40. The highest BCUT2D eigenvalue weighted by molar-refractivity contribution is 7.92. The Morgan fingerprint density at radius 3 is 2.67 bits per heavy atom. The van der Waals surface area contributed by atoms with Crippen molar-refractivity contribution in [3.63, 3.8) is 0 Å². The number of nitrogens with one attached hydrogen (secondary N) is 1. The molecule has 0 aliphatic carbocycles. The molecule has 0 spiro atoms. The predicted octanol–water partition coefficient (Wildman–Crippen LogP) is 1.34. The highest BCUT2D eigenvalue weighted by Gasteiger charge is 2.43. The van der Waals surface area contributed by atoms with Crippen molar-refractivity contribution in [2.45, 2.75) is 38.4 Å². The number of aryl methyl sites for hydroxylation is 1. The van der Waals surface area contributed by atoms with E-state index in [1.54, 1.807) is 6.07 Å². The van der Waals surface area contributed by atoms with Crippen LogP contribution < -0.4 is 5.48 Å². The topological polar surface area (TPSA) is 110 Å². The molecule has 1 heterocycles. The minimum absolute atomic E-state index is 0.0148. The highest BCUT2D eigenvalue weighted by atomic mass is 32.2. The first-order valence-electron chi connectivity index (χ1n) is 6.38. The van der Waals surface area contributed by atoms with Crippen LogP contribution in [0.1, 0.15) is 38.6 Å². The van der Waals surface area contributed by atoms with Crippen LogP contribution in [-0.4, -0.2) is 35.7 Å². The summed E-state index contributed by atoms with van der Waals surface area (Å²) in [6, 6.07) is 1.70. The molecule has 0 saturated carbocycles. The van der Waals surface area contributed by atoms with Crippen molar-refractivity contribution >= 4 is 21.3 Å². The number of allylic oxidation sites excluding steroid dienone is 2. The first kappa shape index (κ1) is 17.4. The fourth-order valence-corrected chi connectivity index (χ4v) is 2.57. The van der Waals surface area contributed by atoms with Gasteiger partial charge in [0.2, 0.25) is 0 Å². The summed E-state index contributed by atoms with van der Waals surface area (Å²) < 4.78 is 27.0. The van der Waals surface area contributed by atoms with Gasteiger partial charge in [-0.2, -0.15) is 0 Å². The van der Waals surface area contributed by atoms with Crippen molar-refractivity contribution in [2.75, 3.05) is 6.26 Å². The van der Waals surface area contributed by atoms with E-state index in [0.29, 0.717) is 11.5 Å². The van der Waals surface area contributed by atoms with Crippen molar-refractivity contribution in [3.8, 4) is 0 Å². The van der Waals surface area contributed by atoms with Gasteiger partial charge < -0.3 is 4.52 Å². The van der Waals surface area contributed by atoms with E-state index in [0.717, 1.165) is 11.8 Å². The van der Waals surface area contributed by atoms with Crippen molar-refractivity contribution in [2.24, 2.45) is 0 Å². The lowest BCUT2D eigenvalue weighted by molar-refractivity contribution is -0.131. The Hall–Kier alpha value is -1.67. The van der Waals surface area contributed by atoms with Crippen LogP contribution in [0.25, 0.3) is 5.57 Å². The number of amides is 1. The third kappa shape index (κ3) is 3.70. The third-order valence-corrected chi connectivity index (χ3v) is 5.67. The molecule has 0 aromatic carbocycles. The van der Waals surface area contributed by atoms with Crippen molar-refractivity contribution in [3.05, 3.63) is 23.6 Å². The number of rotatable bonds is 6. The summed E-state index contributed by atoms with van der Waals surface area (Å²) in [5.41, 5.74) is 2.87. The van der Waals surface area contributed by atoms with Crippen LogP contribution in [0.3, 0.4) is 0 Å². The average Bonchev–Trinajstić information content (AvgIpc) is 2.90. The Bertz CT molecular complexity index is 647. The molecule has 1 aromatic rings. The molecule has 21 heavy (non-hydrogen) atoms. The molecule has 0 fully saturated rings. The van der Waals surface area contributed by atoms with Gasteiger partial charge in [0.15, 0.2) is 15.6 Å². The number of carbonyl (C=O) groups is 1. The molecule has 1 atom stereocenters. The summed E-state index contributed by atoms with van der Waals surface area (Å²) in [5.74, 6) is -0.362. The van der Waals surface area contributed by atoms with Crippen LogP contribution in [0.2, 0.25) is 0 Å². The summed E-state index contributed by atoms with van der Waals surface area (Å²) in [4.78, 5) is 11.7. The van der Waals surface area contributed by atoms with Gasteiger partial charge in [0.05, 0.1) is 5.69 Å². The SMILES string of the molecule is C/C=C(\C)c1cc(CC[C@](C)(C(=O)NO)S(C)(=O)=O)no1. The number of carbonyl (C=O) groups excluding carboxylic acids is 1. The third-order valence-electron chi connectivity index (χ3n) is 3.64. The molecule has 0 aliphatic heterocycles. The summed E-state index contributed by atoms with van der Waals surface area (Å²) in [6.45, 7) is 5.00. The normalized spacial score (nSPS) is 15.6. The molecule has 118 valence electrons. The average molecular weight is 316 g/mol. The molecule has 0 bridgehead atoms. The summed E-state index contributed by atoms with van der Waals surface area (Å²) >= 11 is 0. The monoisotopic (exact) mass is 316 g/mol. The second-order valence-electron chi connectivity index (χ2n) is 5.10. The maximum absolute atomic E-state index is 11.8. The molecule has 1 rings (SSSR count). The van der Waals surface area contributed by atoms with Gasteiger partial charge in [0.1, 0.15) is 4.75 Å². The maximum atomic E-state index is 11.8. The van der Waals surface area contributed by atoms with Gasteiger partial charge >= 0.3 is 0 Å². The van der Waals surface area contributed by atoms with Gasteiger partial charge in [-0.05, 0) is 39.2 Å². The molecular formula is C13H20N2O5S. The molecular weight excluding hydrogens is 296 g/mol. The van der Waals surface area contributed by atoms with Crippen LogP contribution in [0.15, 0.2) is 16.7 Å². The smallest absolute Gasteiger partial charge is 0.264 e. The van der Waals surface area contributed by atoms with E-state index in [4.69, 9.17) is 9.73 Å². The molecule has 1 aromatic heterocycles. The highest BCUT2D eigenvalue weighted by Crippen LogP contribution is 2.24. The van der Waals surface area contributed by atoms with E-state index in [1.165, 1.54) is 12.4 Å². The zero-order valence-electron chi connectivity index (χ0n) is 12.5. The van der Waals surface area contributed by atoms with Crippen molar-refractivity contribution in [1.29, 1.82) is 0 Å². The standard InChI is InChI=1S/C13H20N2O5S/c1-5-9(2)11-8-10(15-20-11)6-7-13(3,12(16)14-17)21(4,18)19/h5,8,17H,6-7H2,1-4H3,(H,14,16)/b9-5+/t13-/m1/s1. The molecule has 0 unspecified atom stereocenters. The minimum atomic E-state index is -3.70. The Balaban J connectivity index is 2.93. The number of hydrogen-bond donors (Lipinski definition) is 2. The zero-order chi connectivity index (χ0) is 16.3. The van der Waals surface area contributed by atoms with Crippen LogP contribution in [0.4, 0.5) is 0 Å². The molecule has 2 N–H and O–H groups in total. The largest absolute Gasteiger partial charge is 0.356 e. The van der Waals surface area contributed by atoms with E-state index in [2.05, 4.69) is 5.16 Å². The van der Waals surface area contributed by atoms with Crippen LogP contribution in [0.5, 0.6) is 0 Å². The number of sulfone groups is 1. The number of hydrogen-bond acceptors (Lipinski definition) is 6. The second-order valence-corrected chi connectivity index (χ2v) is 7.54. The van der Waals surface area contributed by atoms with Crippen molar-refractivity contribution in [1.82, 2.24) is 10.6 Å². The molecule has 8 heteroatoms. The Morgan fingerprint density at radius 1 is 1.57 bits per heavy atom. The Morgan fingerprint density at radius 2 is 2.19 bits per heavy atom. The van der Waals surface area contributed by atoms with Crippen LogP contribution in [0, 0.1) is 0 Å². The van der Waals surface area contributed by atoms with Gasteiger partial charge in [-0.1, -0.05) is 11.2 Å². The molecule has 0 saturated heterocycles. The molecule has 7 nitrogen and oxygen atoms in total. The quantitative estimate of drug-likeness (QED) is 0.605. The first-order chi connectivity index (χ1) is 9.65. The lowest BCUT2D eigenvalue weighted by Crippen LogP contribution is -2.49. The minimum Gasteiger partial charge on any atom is -0.356 e. The predicted molar refractivity (Wildman–Crippen MR) is 77.3 cm³/mol. The number of aromatic nitrogens is 1. The van der Waals surface area contributed by atoms with E-state index in [9.17, 15) is 13.2 Å². The lowest BCUT2D eigenvalue weighted by atomic mass is 10.0. The van der Waals surface area contributed by atoms with Crippen LogP contribution >= 0.6 is 0 Å². The van der Waals surface area contributed by atoms with Crippen LogP contribution in [-0.2, 0) is 21.1 Å². The Kier molecular flexibility index (Phi) is 5.30. The molecule has 0 aliphatic rings. The van der Waals surface area contributed by atoms with Crippen molar-refractivity contribution < 1.29 is 22.9 Å². The van der Waals surface area contributed by atoms with Gasteiger partial charge in [-0.3, -0.25) is 10.0 Å². The Labute approximate surface area is 123 Å². The molecule has 1 amide bonds. The fourth-order valence-electron chi connectivity index (χ4n) is 1.71. The maximum Gasteiger partial charge on any atom is 0.264 e. The zero-order valence-corrected chi connectivity index (χ0v) is 13.3. The van der Waals surface area contributed by atoms with Gasteiger partial charge in [0, 0.05) is 12.3 Å². The first-order valence-corrected chi connectivity index (χ1v) is 8.28. The summed E-state index contributed by atoms with van der Waals surface area (Å²) in [5, 5.41) is 12.6. The van der Waals surface area contributed by atoms with Gasteiger partial charge in [-0.15, -0.1) is 0 Å². The van der Waals surface area contributed by atoms with E-state index >= 15 is 0 Å². The van der Waals surface area contributed by atoms with Gasteiger partial charge in [-0.25, -0.2) is 13.9 Å². The number of nitrogens with zero attached hydrogens (tertiary/aromatic N) is 1. The summed E-state index contributed by atoms with van der Waals surface area (Å²) in [6.07, 6.45) is 3.04. The molecule has 0 radical (unpaired) electrons. The number of hydroxylamine groups is 1. The van der Waals surface area contributed by atoms with Gasteiger partial charge in [0.25, 0.3) is 5.91 Å². The van der Waals surface area contributed by atoms with E-state index < -0.39 is 20.5 Å². The van der Waals surface area contributed by atoms with E-state index in [-0.39, 0.29) is 12.8 Å². The summed E-state index contributed by atoms with van der Waals surface area (Å²) in [7, 11) is -3.70. The lowest BCUT2D eigenvalue weighted by Gasteiger charge is -2.24.